The van der Waals surface area contributed by atoms with Crippen LogP contribution in [0.3, 0.4) is 0 Å². The van der Waals surface area contributed by atoms with Crippen molar-refractivity contribution in [2.24, 2.45) is 0 Å². The summed E-state index contributed by atoms with van der Waals surface area (Å²) >= 11 is 6.02. The predicted octanol–water partition coefficient (Wildman–Crippen LogP) is 4.43. The average Bonchev–Trinajstić information content (AvgIpc) is 3.07. The molecule has 3 aromatic rings. The molecule has 2 aromatic carbocycles. The van der Waals surface area contributed by atoms with Crippen molar-refractivity contribution in [2.45, 2.75) is 18.9 Å². The van der Waals surface area contributed by atoms with Gasteiger partial charge in [-0.1, -0.05) is 30.7 Å². The topological polar surface area (TPSA) is 87.8 Å². The van der Waals surface area contributed by atoms with Gasteiger partial charge in [-0.25, -0.2) is 12.8 Å². The van der Waals surface area contributed by atoms with Gasteiger partial charge in [-0.15, -0.1) is 0 Å². The number of nitrogens with one attached hydrogen (secondary N) is 1. The summed E-state index contributed by atoms with van der Waals surface area (Å²) < 4.78 is 41.7. The number of sulfonamides is 1. The highest BCUT2D eigenvalue weighted by atomic mass is 35.5. The van der Waals surface area contributed by atoms with E-state index in [2.05, 4.69) is 9.82 Å². The molecule has 0 saturated heterocycles. The maximum absolute atomic E-state index is 14.4. The minimum absolute atomic E-state index is 0.0964. The predicted molar refractivity (Wildman–Crippen MR) is 112 cm³/mol. The maximum atomic E-state index is 14.4. The van der Waals surface area contributed by atoms with E-state index in [-0.39, 0.29) is 5.69 Å². The number of hydrogen-bond donors (Lipinski definition) is 1. The van der Waals surface area contributed by atoms with Crippen molar-refractivity contribution in [3.05, 3.63) is 71.2 Å². The first-order valence-electron chi connectivity index (χ1n) is 8.69. The Morgan fingerprint density at radius 2 is 2.03 bits per heavy atom. The molecule has 29 heavy (non-hydrogen) atoms. The molecule has 1 N–H and O–H groups in total. The van der Waals surface area contributed by atoms with Crippen molar-refractivity contribution in [1.29, 1.82) is 5.26 Å². The molecule has 0 aliphatic rings. The van der Waals surface area contributed by atoms with E-state index in [9.17, 15) is 12.8 Å². The number of nitrogens with zero attached hydrogens (tertiary/aromatic N) is 3. The first-order chi connectivity index (χ1) is 13.7. The molecule has 1 atom stereocenters. The summed E-state index contributed by atoms with van der Waals surface area (Å²) in [4.78, 5) is 0. The van der Waals surface area contributed by atoms with Gasteiger partial charge in [0.2, 0.25) is 10.0 Å². The van der Waals surface area contributed by atoms with Crippen molar-refractivity contribution >= 4 is 38.2 Å². The highest BCUT2D eigenvalue weighted by molar-refractivity contribution is 7.92. The molecule has 9 heteroatoms. The second kappa shape index (κ2) is 7.85. The monoisotopic (exact) mass is 432 g/mol. The molecule has 6 nitrogen and oxygen atoms in total. The van der Waals surface area contributed by atoms with Crippen LogP contribution in [0.15, 0.2) is 54.7 Å². The van der Waals surface area contributed by atoms with E-state index in [0.717, 1.165) is 17.9 Å². The molecule has 1 aromatic heterocycles. The van der Waals surface area contributed by atoms with E-state index in [1.165, 1.54) is 18.3 Å². The van der Waals surface area contributed by atoms with Crippen LogP contribution in [0.5, 0.6) is 0 Å². The molecule has 0 radical (unpaired) electrons. The summed E-state index contributed by atoms with van der Waals surface area (Å²) in [5, 5.41) is 14.6. The third-order valence-corrected chi connectivity index (χ3v) is 5.49. The summed E-state index contributed by atoms with van der Waals surface area (Å²) in [6, 6.07) is 11.5. The minimum atomic E-state index is -3.61. The molecule has 0 amide bonds. The Morgan fingerprint density at radius 1 is 1.34 bits per heavy atom. The van der Waals surface area contributed by atoms with Gasteiger partial charge >= 0.3 is 0 Å². The Labute approximate surface area is 173 Å². The number of nitriles is 1. The van der Waals surface area contributed by atoms with E-state index in [1.54, 1.807) is 22.9 Å². The third-order valence-electron chi connectivity index (χ3n) is 4.64. The van der Waals surface area contributed by atoms with Crippen LogP contribution in [-0.2, 0) is 15.6 Å². The Morgan fingerprint density at radius 3 is 2.62 bits per heavy atom. The lowest BCUT2D eigenvalue weighted by Gasteiger charge is -2.31. The first-order valence-corrected chi connectivity index (χ1v) is 11.0. The zero-order valence-electron chi connectivity index (χ0n) is 15.7. The van der Waals surface area contributed by atoms with Gasteiger partial charge in [-0.3, -0.25) is 9.40 Å². The molecule has 0 aliphatic heterocycles. The van der Waals surface area contributed by atoms with Gasteiger partial charge in [0, 0.05) is 16.5 Å². The highest BCUT2D eigenvalue weighted by Gasteiger charge is 2.32. The van der Waals surface area contributed by atoms with E-state index >= 15 is 0 Å². The fourth-order valence-electron chi connectivity index (χ4n) is 3.37. The van der Waals surface area contributed by atoms with Crippen LogP contribution in [0.4, 0.5) is 10.1 Å². The molecule has 1 unspecified atom stereocenters. The second-order valence-electron chi connectivity index (χ2n) is 6.56. The second-order valence-corrected chi connectivity index (χ2v) is 8.75. The molecule has 150 valence electrons. The summed E-state index contributed by atoms with van der Waals surface area (Å²) in [6.07, 6.45) is 6.00. The van der Waals surface area contributed by atoms with Crippen LogP contribution in [0.25, 0.3) is 10.9 Å². The standard InChI is InChI=1S/C20H18ClFN4O2S/c1-3-20(9-4-10-23,14-5-7-15(21)8-6-14)26-19-12-16(22)11-18(17(19)13-24-26)25-29(2,27)28/h4-9,11-13,25H,3H2,1-2H3. The summed E-state index contributed by atoms with van der Waals surface area (Å²) in [7, 11) is -3.61. The van der Waals surface area contributed by atoms with Crippen LogP contribution in [0.1, 0.15) is 18.9 Å². The number of allylic oxidation sites excluding steroid dienone is 2. The third kappa shape index (κ3) is 4.11. The largest absolute Gasteiger partial charge is 0.283 e. The number of aromatic nitrogens is 2. The molecular weight excluding hydrogens is 415 g/mol. The van der Waals surface area contributed by atoms with Crippen molar-refractivity contribution in [3.8, 4) is 6.07 Å². The van der Waals surface area contributed by atoms with E-state index in [4.69, 9.17) is 16.9 Å². The molecule has 0 saturated carbocycles. The molecule has 0 bridgehead atoms. The van der Waals surface area contributed by atoms with Crippen molar-refractivity contribution in [1.82, 2.24) is 9.78 Å². The number of fused-ring (bicyclic) bond motifs is 1. The lowest BCUT2D eigenvalue weighted by molar-refractivity contribution is 0.402. The van der Waals surface area contributed by atoms with Gasteiger partial charge in [-0.05, 0) is 42.3 Å². The van der Waals surface area contributed by atoms with Crippen LogP contribution in [0.2, 0.25) is 5.02 Å². The van der Waals surface area contributed by atoms with Crippen LogP contribution in [-0.4, -0.2) is 24.5 Å². The van der Waals surface area contributed by atoms with Crippen molar-refractivity contribution in [2.75, 3.05) is 11.0 Å². The van der Waals surface area contributed by atoms with Crippen molar-refractivity contribution < 1.29 is 12.8 Å². The fraction of sp³-hybridized carbons (Fsp3) is 0.200. The van der Waals surface area contributed by atoms with Gasteiger partial charge < -0.3 is 0 Å². The minimum Gasteiger partial charge on any atom is -0.283 e. The van der Waals surface area contributed by atoms with Crippen LogP contribution >= 0.6 is 11.6 Å². The zero-order chi connectivity index (χ0) is 21.2. The van der Waals surface area contributed by atoms with Crippen LogP contribution < -0.4 is 4.72 Å². The van der Waals surface area contributed by atoms with E-state index in [1.807, 2.05) is 25.1 Å². The lowest BCUT2D eigenvalue weighted by atomic mass is 9.86. The number of hydrogen-bond acceptors (Lipinski definition) is 4. The van der Waals surface area contributed by atoms with Crippen LogP contribution in [0, 0.1) is 17.1 Å². The fourth-order valence-corrected chi connectivity index (χ4v) is 4.06. The number of halogens is 2. The quantitative estimate of drug-likeness (QED) is 0.583. The summed E-state index contributed by atoms with van der Waals surface area (Å²) in [6.45, 7) is 1.92. The van der Waals surface area contributed by atoms with Gasteiger partial charge in [-0.2, -0.15) is 10.4 Å². The Balaban J connectivity index is 2.33. The molecule has 0 aliphatic carbocycles. The number of benzene rings is 2. The van der Waals surface area contributed by atoms with Gasteiger partial charge in [0.15, 0.2) is 0 Å². The first kappa shape index (κ1) is 20.8. The summed E-state index contributed by atoms with van der Waals surface area (Å²) in [5.74, 6) is -0.615. The molecule has 1 heterocycles. The zero-order valence-corrected chi connectivity index (χ0v) is 17.3. The number of rotatable bonds is 6. The Kier molecular flexibility index (Phi) is 5.64. The summed E-state index contributed by atoms with van der Waals surface area (Å²) in [5.41, 5.74) is 0.371. The molecule has 0 fully saturated rings. The Hall–Kier alpha value is -2.89. The van der Waals surface area contributed by atoms with E-state index in [0.29, 0.717) is 22.3 Å². The van der Waals surface area contributed by atoms with E-state index < -0.39 is 21.4 Å². The van der Waals surface area contributed by atoms with Gasteiger partial charge in [0.25, 0.3) is 0 Å². The average molecular weight is 433 g/mol. The maximum Gasteiger partial charge on any atom is 0.229 e. The number of anilines is 1. The van der Waals surface area contributed by atoms with Gasteiger partial charge in [0.05, 0.1) is 29.7 Å². The van der Waals surface area contributed by atoms with Crippen molar-refractivity contribution in [3.63, 3.8) is 0 Å². The SMILES string of the molecule is CCC(C=CC#N)(c1ccc(Cl)cc1)n1ncc2c(NS(C)(=O)=O)cc(F)cc21. The molecular formula is C20H18ClFN4O2S. The molecule has 0 spiro atoms. The Bertz CT molecular complexity index is 1230. The molecule has 3 rings (SSSR count). The van der Waals surface area contributed by atoms with Gasteiger partial charge in [0.1, 0.15) is 11.4 Å². The lowest BCUT2D eigenvalue weighted by Crippen LogP contribution is -2.33. The normalized spacial score (nSPS) is 14.0. The highest BCUT2D eigenvalue weighted by Crippen LogP contribution is 2.37. The smallest absolute Gasteiger partial charge is 0.229 e.